The van der Waals surface area contributed by atoms with E-state index in [-0.39, 0.29) is 10.8 Å². The van der Waals surface area contributed by atoms with Crippen molar-refractivity contribution in [1.82, 2.24) is 0 Å². The summed E-state index contributed by atoms with van der Waals surface area (Å²) in [5.74, 6) is 0.606. The number of hydrogen-bond donors (Lipinski definition) is 1. The molecule has 0 spiro atoms. The highest BCUT2D eigenvalue weighted by molar-refractivity contribution is 5.44. The first kappa shape index (κ1) is 22.3. The number of rotatable bonds is 9. The lowest BCUT2D eigenvalue weighted by Gasteiger charge is -2.45. The molecule has 1 unspecified atom stereocenters. The first-order chi connectivity index (χ1) is 11.6. The first-order valence-electron chi connectivity index (χ1n) is 10.8. The van der Waals surface area contributed by atoms with Gasteiger partial charge in [0.1, 0.15) is 0 Å². The highest BCUT2D eigenvalue weighted by atomic mass is 14.6. The standard InChI is InChI=1S/C24H45N/c1-10-22(7,11-2)18-16-19(23(8,12-3)13-4)21(25)20(17-18)24(9,14-5)15-6/h16,18H,10-15,17,25H2,1-9H3. The van der Waals surface area contributed by atoms with Crippen molar-refractivity contribution >= 4 is 0 Å². The van der Waals surface area contributed by atoms with Crippen LogP contribution in [0.1, 0.15) is 107 Å². The highest BCUT2D eigenvalue weighted by Gasteiger charge is 2.41. The van der Waals surface area contributed by atoms with Crippen molar-refractivity contribution in [2.24, 2.45) is 27.9 Å². The second kappa shape index (κ2) is 8.31. The Bertz CT molecular complexity index is 496. The van der Waals surface area contributed by atoms with E-state index >= 15 is 0 Å². The molecular weight excluding hydrogens is 302 g/mol. The topological polar surface area (TPSA) is 26.0 Å². The third-order valence-electron chi connectivity index (χ3n) is 8.42. The van der Waals surface area contributed by atoms with Crippen molar-refractivity contribution < 1.29 is 0 Å². The summed E-state index contributed by atoms with van der Waals surface area (Å²) in [5, 5.41) is 0. The van der Waals surface area contributed by atoms with E-state index in [1.165, 1.54) is 31.3 Å². The second-order valence-corrected chi connectivity index (χ2v) is 9.18. The van der Waals surface area contributed by atoms with E-state index in [0.29, 0.717) is 11.3 Å². The Kier molecular flexibility index (Phi) is 7.42. The molecule has 1 rings (SSSR count). The lowest BCUT2D eigenvalue weighted by Crippen LogP contribution is -2.36. The summed E-state index contributed by atoms with van der Waals surface area (Å²) in [6.07, 6.45) is 10.8. The van der Waals surface area contributed by atoms with Crippen molar-refractivity contribution in [2.45, 2.75) is 107 Å². The van der Waals surface area contributed by atoms with Gasteiger partial charge in [-0.15, -0.1) is 0 Å². The fourth-order valence-electron chi connectivity index (χ4n) is 4.47. The molecule has 0 amide bonds. The summed E-state index contributed by atoms with van der Waals surface area (Å²) >= 11 is 0. The molecule has 0 aliphatic heterocycles. The summed E-state index contributed by atoms with van der Waals surface area (Å²) < 4.78 is 0. The summed E-state index contributed by atoms with van der Waals surface area (Å²) in [6, 6.07) is 0. The van der Waals surface area contributed by atoms with Gasteiger partial charge in [0.05, 0.1) is 0 Å². The Morgan fingerprint density at radius 3 is 1.60 bits per heavy atom. The molecule has 1 atom stereocenters. The minimum Gasteiger partial charge on any atom is -0.399 e. The second-order valence-electron chi connectivity index (χ2n) is 9.18. The van der Waals surface area contributed by atoms with Crippen LogP contribution in [0.3, 0.4) is 0 Å². The van der Waals surface area contributed by atoms with Gasteiger partial charge in [0.25, 0.3) is 0 Å². The third-order valence-corrected chi connectivity index (χ3v) is 8.42. The van der Waals surface area contributed by atoms with E-state index in [9.17, 15) is 0 Å². The minimum atomic E-state index is 0.193. The third kappa shape index (κ3) is 4.01. The van der Waals surface area contributed by atoms with Crippen LogP contribution in [0.4, 0.5) is 0 Å². The lowest BCUT2D eigenvalue weighted by atomic mass is 9.60. The largest absolute Gasteiger partial charge is 0.399 e. The molecule has 1 nitrogen and oxygen atoms in total. The Labute approximate surface area is 158 Å². The fourth-order valence-corrected chi connectivity index (χ4v) is 4.47. The molecule has 0 heterocycles. The molecule has 2 N–H and O–H groups in total. The van der Waals surface area contributed by atoms with Crippen LogP contribution in [-0.2, 0) is 0 Å². The zero-order chi connectivity index (χ0) is 19.5. The Hall–Kier alpha value is -0.720. The molecule has 0 bridgehead atoms. The van der Waals surface area contributed by atoms with Crippen LogP contribution < -0.4 is 5.73 Å². The summed E-state index contributed by atoms with van der Waals surface area (Å²) in [6.45, 7) is 21.3. The minimum absolute atomic E-state index is 0.193. The summed E-state index contributed by atoms with van der Waals surface area (Å²) in [5.41, 5.74) is 11.8. The average molecular weight is 348 g/mol. The molecule has 146 valence electrons. The van der Waals surface area contributed by atoms with E-state index in [4.69, 9.17) is 5.73 Å². The van der Waals surface area contributed by atoms with Crippen LogP contribution in [0.25, 0.3) is 0 Å². The molecule has 0 saturated carbocycles. The van der Waals surface area contributed by atoms with E-state index < -0.39 is 0 Å². The van der Waals surface area contributed by atoms with Crippen LogP contribution >= 0.6 is 0 Å². The van der Waals surface area contributed by atoms with Gasteiger partial charge in [-0.1, -0.05) is 81.2 Å². The van der Waals surface area contributed by atoms with Crippen molar-refractivity contribution in [1.29, 1.82) is 0 Å². The SMILES string of the molecule is CCC(C)(CC)C1=CC(C(C)(CC)CC)CC(C(C)(CC)CC)=C1N. The lowest BCUT2D eigenvalue weighted by molar-refractivity contribution is 0.187. The summed E-state index contributed by atoms with van der Waals surface area (Å²) in [7, 11) is 0. The van der Waals surface area contributed by atoms with Crippen LogP contribution in [0.15, 0.2) is 22.9 Å². The van der Waals surface area contributed by atoms with Gasteiger partial charge in [-0.25, -0.2) is 0 Å². The maximum absolute atomic E-state index is 6.90. The normalized spacial score (nSPS) is 20.0. The van der Waals surface area contributed by atoms with Crippen molar-refractivity contribution in [2.75, 3.05) is 0 Å². The fraction of sp³-hybridized carbons (Fsp3) is 0.833. The number of nitrogens with two attached hydrogens (primary N) is 1. The Morgan fingerprint density at radius 1 is 0.800 bits per heavy atom. The number of hydrogen-bond acceptors (Lipinski definition) is 1. The van der Waals surface area contributed by atoms with E-state index in [0.717, 1.165) is 25.0 Å². The quantitative estimate of drug-likeness (QED) is 0.456. The molecule has 0 aromatic heterocycles. The van der Waals surface area contributed by atoms with Crippen LogP contribution in [0.2, 0.25) is 0 Å². The van der Waals surface area contributed by atoms with Gasteiger partial charge in [0.2, 0.25) is 0 Å². The molecule has 25 heavy (non-hydrogen) atoms. The average Bonchev–Trinajstić information content (AvgIpc) is 2.66. The van der Waals surface area contributed by atoms with Crippen molar-refractivity contribution in [3.8, 4) is 0 Å². The molecule has 1 heteroatoms. The van der Waals surface area contributed by atoms with Gasteiger partial charge in [0, 0.05) is 5.70 Å². The predicted octanol–water partition coefficient (Wildman–Crippen LogP) is 7.62. The molecule has 0 radical (unpaired) electrons. The molecular formula is C24H45N. The van der Waals surface area contributed by atoms with E-state index in [1.54, 1.807) is 5.57 Å². The molecule has 1 aliphatic carbocycles. The predicted molar refractivity (Wildman–Crippen MR) is 113 cm³/mol. The van der Waals surface area contributed by atoms with Crippen molar-refractivity contribution in [3.05, 3.63) is 22.9 Å². The Morgan fingerprint density at radius 2 is 1.24 bits per heavy atom. The van der Waals surface area contributed by atoms with Crippen LogP contribution in [0.5, 0.6) is 0 Å². The van der Waals surface area contributed by atoms with Gasteiger partial charge in [-0.3, -0.25) is 0 Å². The maximum Gasteiger partial charge on any atom is 0.0346 e. The van der Waals surface area contributed by atoms with Gasteiger partial charge in [0.15, 0.2) is 0 Å². The molecule has 0 fully saturated rings. The maximum atomic E-state index is 6.90. The zero-order valence-electron chi connectivity index (χ0n) is 18.7. The van der Waals surface area contributed by atoms with Gasteiger partial charge >= 0.3 is 0 Å². The van der Waals surface area contributed by atoms with Crippen molar-refractivity contribution in [3.63, 3.8) is 0 Å². The smallest absolute Gasteiger partial charge is 0.0346 e. The van der Waals surface area contributed by atoms with Gasteiger partial charge in [-0.05, 0) is 65.4 Å². The molecule has 0 saturated heterocycles. The molecule has 0 aromatic rings. The molecule has 1 aliphatic rings. The Balaban J connectivity index is 3.61. The highest BCUT2D eigenvalue weighted by Crippen LogP contribution is 2.52. The van der Waals surface area contributed by atoms with Crippen LogP contribution in [-0.4, -0.2) is 0 Å². The number of allylic oxidation sites excluding steroid dienone is 3. The zero-order valence-corrected chi connectivity index (χ0v) is 18.7. The van der Waals surface area contributed by atoms with Gasteiger partial charge in [-0.2, -0.15) is 0 Å². The first-order valence-corrected chi connectivity index (χ1v) is 10.8. The van der Waals surface area contributed by atoms with Gasteiger partial charge < -0.3 is 5.73 Å². The van der Waals surface area contributed by atoms with E-state index in [2.05, 4.69) is 68.4 Å². The molecule has 0 aromatic carbocycles. The summed E-state index contributed by atoms with van der Waals surface area (Å²) in [4.78, 5) is 0. The monoisotopic (exact) mass is 347 g/mol. The van der Waals surface area contributed by atoms with Crippen LogP contribution in [0, 0.1) is 22.2 Å². The van der Waals surface area contributed by atoms with E-state index in [1.807, 2.05) is 0 Å².